The summed E-state index contributed by atoms with van der Waals surface area (Å²) in [6.45, 7) is 4.33. The lowest BCUT2D eigenvalue weighted by Gasteiger charge is -2.35. The van der Waals surface area contributed by atoms with Crippen molar-refractivity contribution in [2.45, 2.75) is 12.8 Å². The first-order chi connectivity index (χ1) is 17.2. The summed E-state index contributed by atoms with van der Waals surface area (Å²) in [4.78, 5) is 36.7. The van der Waals surface area contributed by atoms with Crippen LogP contribution in [0.25, 0.3) is 0 Å². The second-order valence-corrected chi connectivity index (χ2v) is 9.65. The van der Waals surface area contributed by atoms with E-state index < -0.39 is 0 Å². The van der Waals surface area contributed by atoms with Gasteiger partial charge in [-0.2, -0.15) is 0 Å². The summed E-state index contributed by atoms with van der Waals surface area (Å²) >= 11 is 1.45. The molecule has 0 spiro atoms. The maximum Gasteiger partial charge on any atom is 0.260 e. The average Bonchev–Trinajstić information content (AvgIpc) is 3.47. The number of hydrogen-bond acceptors (Lipinski definition) is 9. The Labute approximate surface area is 208 Å². The minimum Gasteiger partial charge on any atom is -0.466 e. The van der Waals surface area contributed by atoms with Crippen molar-refractivity contribution < 1.29 is 14.3 Å². The molecule has 2 saturated heterocycles. The number of Topliss-reactive ketones (excluding diaryl/α,β-unsaturated/α-hetero) is 1. The highest BCUT2D eigenvalue weighted by atomic mass is 32.1. The van der Waals surface area contributed by atoms with E-state index in [4.69, 9.17) is 4.74 Å². The van der Waals surface area contributed by atoms with Crippen LogP contribution in [0.4, 0.5) is 11.6 Å². The quantitative estimate of drug-likeness (QED) is 0.465. The van der Waals surface area contributed by atoms with Crippen molar-refractivity contribution in [2.75, 3.05) is 55.7 Å². The number of carbonyl (C=O) groups is 2. The van der Waals surface area contributed by atoms with Crippen LogP contribution in [0, 0.1) is 5.92 Å². The van der Waals surface area contributed by atoms with Crippen LogP contribution in [0.1, 0.15) is 22.5 Å². The molecule has 182 valence electrons. The van der Waals surface area contributed by atoms with E-state index in [1.54, 1.807) is 11.0 Å². The minimum absolute atomic E-state index is 0.114. The molecular weight excluding hydrogens is 464 g/mol. The maximum absolute atomic E-state index is 12.7. The molecule has 2 fully saturated rings. The number of aromatic nitrogens is 3. The predicted molar refractivity (Wildman–Crippen MR) is 134 cm³/mol. The molecule has 0 aromatic carbocycles. The number of piperazine rings is 1. The van der Waals surface area contributed by atoms with Gasteiger partial charge in [0.1, 0.15) is 5.82 Å². The molecule has 0 bridgehead atoms. The molecule has 10 heteroatoms. The van der Waals surface area contributed by atoms with Gasteiger partial charge in [0, 0.05) is 57.4 Å². The zero-order valence-electron chi connectivity index (χ0n) is 19.5. The smallest absolute Gasteiger partial charge is 0.260 e. The molecule has 3 aromatic heterocycles. The lowest BCUT2D eigenvalue weighted by atomic mass is 9.93. The van der Waals surface area contributed by atoms with Crippen LogP contribution in [0.5, 0.6) is 5.88 Å². The number of anilines is 2. The molecule has 5 heterocycles. The molecular formula is C25H28N6O3S. The number of carbonyl (C=O) groups excluding carboxylic acids is 2. The molecule has 2 aliphatic rings. The fraction of sp³-hybridized carbons (Fsp3) is 0.400. The monoisotopic (exact) mass is 492 g/mol. The van der Waals surface area contributed by atoms with Crippen LogP contribution < -0.4 is 14.5 Å². The highest BCUT2D eigenvalue weighted by Crippen LogP contribution is 2.24. The Morgan fingerprint density at radius 2 is 1.77 bits per heavy atom. The van der Waals surface area contributed by atoms with Crippen molar-refractivity contribution >= 4 is 34.7 Å². The summed E-state index contributed by atoms with van der Waals surface area (Å²) < 4.78 is 5.62. The third-order valence-corrected chi connectivity index (χ3v) is 7.34. The largest absolute Gasteiger partial charge is 0.466 e. The molecule has 9 nitrogen and oxygen atoms in total. The van der Waals surface area contributed by atoms with Gasteiger partial charge in [0.15, 0.2) is 18.2 Å². The molecule has 2 aliphatic heterocycles. The Kier molecular flexibility index (Phi) is 7.17. The Morgan fingerprint density at radius 1 is 0.943 bits per heavy atom. The van der Waals surface area contributed by atoms with Gasteiger partial charge in [0.05, 0.1) is 4.88 Å². The number of thiophene rings is 1. The summed E-state index contributed by atoms with van der Waals surface area (Å²) in [7, 11) is 0. The van der Waals surface area contributed by atoms with E-state index >= 15 is 0 Å². The van der Waals surface area contributed by atoms with Crippen molar-refractivity contribution in [3.8, 4) is 5.88 Å². The molecule has 1 atom stereocenters. The second kappa shape index (κ2) is 10.8. The zero-order chi connectivity index (χ0) is 24.0. The summed E-state index contributed by atoms with van der Waals surface area (Å²) in [5.74, 6) is 1.94. The number of ether oxygens (including phenoxy) is 1. The number of likely N-dealkylation sites (tertiary alicyclic amines) is 1. The van der Waals surface area contributed by atoms with E-state index in [0.717, 1.165) is 55.5 Å². The van der Waals surface area contributed by atoms with Gasteiger partial charge >= 0.3 is 0 Å². The van der Waals surface area contributed by atoms with E-state index in [1.165, 1.54) is 11.3 Å². The Balaban J connectivity index is 1.09. The highest BCUT2D eigenvalue weighted by molar-refractivity contribution is 7.12. The number of rotatable bonds is 7. The van der Waals surface area contributed by atoms with E-state index in [-0.39, 0.29) is 24.2 Å². The van der Waals surface area contributed by atoms with Crippen molar-refractivity contribution in [1.82, 2.24) is 20.1 Å². The number of amides is 1. The van der Waals surface area contributed by atoms with E-state index in [0.29, 0.717) is 19.0 Å². The van der Waals surface area contributed by atoms with E-state index in [2.05, 4.69) is 25.0 Å². The van der Waals surface area contributed by atoms with Crippen molar-refractivity contribution in [2.24, 2.45) is 5.92 Å². The summed E-state index contributed by atoms with van der Waals surface area (Å²) in [6.07, 6.45) is 3.44. The lowest BCUT2D eigenvalue weighted by molar-refractivity contribution is -0.134. The van der Waals surface area contributed by atoms with Crippen LogP contribution in [0.3, 0.4) is 0 Å². The Bertz CT molecular complexity index is 1120. The van der Waals surface area contributed by atoms with Gasteiger partial charge in [0.2, 0.25) is 5.88 Å². The minimum atomic E-state index is -0.149. The molecule has 0 radical (unpaired) electrons. The first kappa shape index (κ1) is 23.2. The van der Waals surface area contributed by atoms with Gasteiger partial charge < -0.3 is 19.4 Å². The maximum atomic E-state index is 12.7. The SMILES string of the molecule is O=C(c1cccs1)[C@H]1CCCN(C(=O)COc2ccc(N3CCN(c4ccccn4)CC3)nn2)C1. The Morgan fingerprint density at radius 3 is 2.46 bits per heavy atom. The first-order valence-electron chi connectivity index (χ1n) is 11.9. The van der Waals surface area contributed by atoms with Crippen LogP contribution in [0.15, 0.2) is 54.0 Å². The molecule has 35 heavy (non-hydrogen) atoms. The summed E-state index contributed by atoms with van der Waals surface area (Å²) in [5.41, 5.74) is 0. The average molecular weight is 493 g/mol. The summed E-state index contributed by atoms with van der Waals surface area (Å²) in [5, 5.41) is 10.4. The van der Waals surface area contributed by atoms with E-state index in [1.807, 2.05) is 48.0 Å². The number of hydrogen-bond donors (Lipinski definition) is 0. The molecule has 0 unspecified atom stereocenters. The van der Waals surface area contributed by atoms with Crippen LogP contribution in [0.2, 0.25) is 0 Å². The van der Waals surface area contributed by atoms with Gasteiger partial charge in [-0.3, -0.25) is 9.59 Å². The molecule has 3 aromatic rings. The molecule has 0 N–H and O–H groups in total. The number of ketones is 1. The zero-order valence-corrected chi connectivity index (χ0v) is 20.3. The van der Waals surface area contributed by atoms with Gasteiger partial charge in [-0.1, -0.05) is 12.1 Å². The van der Waals surface area contributed by atoms with Gasteiger partial charge in [0.25, 0.3) is 5.91 Å². The molecule has 0 saturated carbocycles. The Hall–Kier alpha value is -3.53. The van der Waals surface area contributed by atoms with Crippen molar-refractivity contribution in [3.63, 3.8) is 0 Å². The van der Waals surface area contributed by atoms with Gasteiger partial charge in [-0.05, 0) is 42.5 Å². The fourth-order valence-corrected chi connectivity index (χ4v) is 5.27. The van der Waals surface area contributed by atoms with Crippen molar-refractivity contribution in [3.05, 3.63) is 58.9 Å². The predicted octanol–water partition coefficient (Wildman–Crippen LogP) is 2.76. The first-order valence-corrected chi connectivity index (χ1v) is 12.8. The summed E-state index contributed by atoms with van der Waals surface area (Å²) in [6, 6.07) is 13.3. The number of piperidine rings is 1. The van der Waals surface area contributed by atoms with E-state index in [9.17, 15) is 9.59 Å². The van der Waals surface area contributed by atoms with Crippen molar-refractivity contribution in [1.29, 1.82) is 0 Å². The third kappa shape index (κ3) is 5.59. The number of nitrogens with zero attached hydrogens (tertiary/aromatic N) is 6. The molecule has 5 rings (SSSR count). The molecule has 0 aliphatic carbocycles. The van der Waals surface area contributed by atoms with Crippen LogP contribution in [-0.2, 0) is 4.79 Å². The van der Waals surface area contributed by atoms with Crippen LogP contribution >= 0.6 is 11.3 Å². The lowest BCUT2D eigenvalue weighted by Crippen LogP contribution is -2.47. The fourth-order valence-electron chi connectivity index (χ4n) is 4.53. The standard InChI is InChI=1S/C25H28N6O3S/c32-24(31-11-3-5-19(17-31)25(33)20-6-4-16-35-20)18-34-23-9-8-22(27-28-23)30-14-12-29(13-15-30)21-7-1-2-10-26-21/h1-2,4,6-10,16,19H,3,5,11-15,17-18H2/t19-/m0/s1. The number of pyridine rings is 1. The topological polar surface area (TPSA) is 91.8 Å². The van der Waals surface area contributed by atoms with Gasteiger partial charge in [-0.15, -0.1) is 21.5 Å². The molecule has 1 amide bonds. The second-order valence-electron chi connectivity index (χ2n) is 8.70. The highest BCUT2D eigenvalue weighted by Gasteiger charge is 2.29. The van der Waals surface area contributed by atoms with Gasteiger partial charge in [-0.25, -0.2) is 4.98 Å². The van der Waals surface area contributed by atoms with Crippen LogP contribution in [-0.4, -0.2) is 77.6 Å². The normalized spacial score (nSPS) is 18.4. The third-order valence-electron chi connectivity index (χ3n) is 6.46.